The van der Waals surface area contributed by atoms with Crippen LogP contribution in [0.15, 0.2) is 39.7 Å². The second kappa shape index (κ2) is 9.42. The van der Waals surface area contributed by atoms with Crippen molar-refractivity contribution in [2.75, 3.05) is 20.3 Å². The van der Waals surface area contributed by atoms with Crippen LogP contribution in [0.5, 0.6) is 17.2 Å². The topological polar surface area (TPSA) is 103 Å². The highest BCUT2D eigenvalue weighted by atomic mass is 16.5. The van der Waals surface area contributed by atoms with Crippen LogP contribution in [-0.2, 0) is 30.5 Å². The molecule has 2 aromatic carbocycles. The third-order valence-corrected chi connectivity index (χ3v) is 7.68. The molecule has 2 aromatic heterocycles. The number of aromatic amines is 1. The van der Waals surface area contributed by atoms with Gasteiger partial charge in [-0.25, -0.2) is 4.79 Å². The van der Waals surface area contributed by atoms with Crippen LogP contribution in [-0.4, -0.2) is 36.8 Å². The average Bonchev–Trinajstić information content (AvgIpc) is 3.54. The molecule has 1 aliphatic heterocycles. The van der Waals surface area contributed by atoms with E-state index in [0.29, 0.717) is 36.5 Å². The number of fused-ring (bicyclic) bond motifs is 6. The van der Waals surface area contributed by atoms with Crippen LogP contribution < -0.4 is 25.2 Å². The van der Waals surface area contributed by atoms with Gasteiger partial charge in [0.2, 0.25) is 0 Å². The summed E-state index contributed by atoms with van der Waals surface area (Å²) in [5, 5.41) is 4.84. The van der Waals surface area contributed by atoms with Gasteiger partial charge in [0.05, 0.1) is 12.5 Å². The Hall–Kier alpha value is -3.94. The number of methoxy groups -OCH3 is 1. The number of hydrogen-bond acceptors (Lipinski definition) is 6. The molecule has 0 radical (unpaired) electrons. The van der Waals surface area contributed by atoms with Gasteiger partial charge < -0.3 is 28.9 Å². The lowest BCUT2D eigenvalue weighted by Crippen LogP contribution is -2.33. The van der Waals surface area contributed by atoms with Crippen LogP contribution in [0.1, 0.15) is 48.9 Å². The molecule has 8 heteroatoms. The summed E-state index contributed by atoms with van der Waals surface area (Å²) in [6.07, 6.45) is 6.60. The van der Waals surface area contributed by atoms with Gasteiger partial charge in [0.25, 0.3) is 5.91 Å². The Balaban J connectivity index is 1.20. The maximum Gasteiger partial charge on any atom is 0.339 e. The zero-order valence-electron chi connectivity index (χ0n) is 22.0. The molecule has 0 fully saturated rings. The van der Waals surface area contributed by atoms with E-state index in [9.17, 15) is 9.59 Å². The predicted molar refractivity (Wildman–Crippen MR) is 145 cm³/mol. The Morgan fingerprint density at radius 1 is 1.13 bits per heavy atom. The van der Waals surface area contributed by atoms with E-state index in [-0.39, 0.29) is 23.7 Å². The lowest BCUT2D eigenvalue weighted by atomic mass is 9.91. The Labute approximate surface area is 220 Å². The summed E-state index contributed by atoms with van der Waals surface area (Å²) in [4.78, 5) is 28.7. The first-order chi connectivity index (χ1) is 18.3. The third kappa shape index (κ3) is 4.38. The van der Waals surface area contributed by atoms with Crippen molar-refractivity contribution < 1.29 is 23.4 Å². The van der Waals surface area contributed by atoms with Crippen LogP contribution in [0.25, 0.3) is 21.9 Å². The fourth-order valence-corrected chi connectivity index (χ4v) is 5.69. The Morgan fingerprint density at radius 2 is 1.97 bits per heavy atom. The van der Waals surface area contributed by atoms with E-state index in [1.807, 2.05) is 44.3 Å². The van der Waals surface area contributed by atoms with Gasteiger partial charge in [-0.3, -0.25) is 4.79 Å². The molecule has 6 rings (SSSR count). The molecule has 1 aliphatic carbocycles. The quantitative estimate of drug-likeness (QED) is 0.348. The highest BCUT2D eigenvalue weighted by molar-refractivity contribution is 5.93. The van der Waals surface area contributed by atoms with Crippen LogP contribution >= 0.6 is 0 Å². The molecule has 0 saturated carbocycles. The smallest absolute Gasteiger partial charge is 0.339 e. The average molecular weight is 517 g/mol. The number of carbonyl (C=O) groups excluding carboxylic acids is 1. The molecule has 38 heavy (non-hydrogen) atoms. The van der Waals surface area contributed by atoms with Crippen LogP contribution in [0.3, 0.4) is 0 Å². The van der Waals surface area contributed by atoms with E-state index in [1.165, 1.54) is 0 Å². The summed E-state index contributed by atoms with van der Waals surface area (Å²) in [7, 11) is 1.65. The number of carbonyl (C=O) groups is 1. The van der Waals surface area contributed by atoms with Crippen LogP contribution in [0, 0.1) is 0 Å². The number of rotatable bonds is 7. The van der Waals surface area contributed by atoms with Gasteiger partial charge in [0, 0.05) is 40.8 Å². The molecule has 3 heterocycles. The molecule has 4 aromatic rings. The number of H-pyrrole nitrogens is 1. The van der Waals surface area contributed by atoms with Crippen molar-refractivity contribution in [2.24, 2.45) is 0 Å². The molecule has 1 amide bonds. The normalized spacial score (nSPS) is 15.7. The molecule has 0 bridgehead atoms. The van der Waals surface area contributed by atoms with E-state index in [2.05, 4.69) is 10.3 Å². The second-order valence-electron chi connectivity index (χ2n) is 10.7. The Kier molecular flexibility index (Phi) is 6.05. The lowest BCUT2D eigenvalue weighted by molar-refractivity contribution is -0.123. The Morgan fingerprint density at radius 3 is 2.82 bits per heavy atom. The van der Waals surface area contributed by atoms with E-state index >= 15 is 0 Å². The zero-order chi connectivity index (χ0) is 26.4. The lowest BCUT2D eigenvalue weighted by Gasteiger charge is -2.33. The molecule has 0 saturated heterocycles. The van der Waals surface area contributed by atoms with Crippen LogP contribution in [0.2, 0.25) is 0 Å². The summed E-state index contributed by atoms with van der Waals surface area (Å²) in [5.74, 6) is 1.75. The van der Waals surface area contributed by atoms with Gasteiger partial charge in [-0.05, 0) is 81.7 Å². The highest BCUT2D eigenvalue weighted by Crippen LogP contribution is 2.44. The Bertz CT molecular complexity index is 1610. The van der Waals surface area contributed by atoms with Gasteiger partial charge in [0.1, 0.15) is 28.4 Å². The molecule has 198 valence electrons. The van der Waals surface area contributed by atoms with E-state index in [0.717, 1.165) is 70.0 Å². The number of hydrogen-bond donors (Lipinski definition) is 2. The first-order valence-corrected chi connectivity index (χ1v) is 13.2. The van der Waals surface area contributed by atoms with Gasteiger partial charge >= 0.3 is 5.63 Å². The molecular weight excluding hydrogens is 484 g/mol. The predicted octanol–water partition coefficient (Wildman–Crippen LogP) is 4.61. The first-order valence-electron chi connectivity index (χ1n) is 13.2. The second-order valence-corrected chi connectivity index (χ2v) is 10.7. The summed E-state index contributed by atoms with van der Waals surface area (Å²) < 4.78 is 23.5. The largest absolute Gasteiger partial charge is 0.497 e. The number of ether oxygens (including phenoxy) is 3. The van der Waals surface area contributed by atoms with Gasteiger partial charge in [-0.2, -0.15) is 0 Å². The molecule has 2 N–H and O–H groups in total. The molecule has 0 unspecified atom stereocenters. The molecule has 2 aliphatic rings. The first kappa shape index (κ1) is 24.4. The van der Waals surface area contributed by atoms with E-state index < -0.39 is 0 Å². The summed E-state index contributed by atoms with van der Waals surface area (Å²) in [6, 6.07) is 7.76. The SMILES string of the molecule is COc1ccc2[nH]cc(CCNC(=O)COc3cc4c(c5oc(=O)c6c(c35)CCC6)CCC(C)(C)O4)c2c1. The van der Waals surface area contributed by atoms with Crippen molar-refractivity contribution in [2.45, 2.75) is 58.0 Å². The maximum atomic E-state index is 12.8. The zero-order valence-corrected chi connectivity index (χ0v) is 22.0. The molecular formula is C30H32N2O6. The van der Waals surface area contributed by atoms with Crippen molar-refractivity contribution in [3.05, 3.63) is 63.1 Å². The van der Waals surface area contributed by atoms with Crippen molar-refractivity contribution in [1.82, 2.24) is 10.3 Å². The standard InChI is InChI=1S/C30H32N2O6/c1-30(2)11-9-21-24(38-30)14-25(27-19-5-4-6-20(19)29(34)37-28(21)27)36-16-26(33)31-12-10-17-15-32-23-8-7-18(35-3)13-22(17)23/h7-8,13-15,32H,4-6,9-12,16H2,1-3H3,(H,31,33). The monoisotopic (exact) mass is 516 g/mol. The highest BCUT2D eigenvalue weighted by Gasteiger charge is 2.32. The van der Waals surface area contributed by atoms with Crippen molar-refractivity contribution in [3.8, 4) is 17.2 Å². The summed E-state index contributed by atoms with van der Waals surface area (Å²) in [6.45, 7) is 4.40. The fourth-order valence-electron chi connectivity index (χ4n) is 5.69. The van der Waals surface area contributed by atoms with E-state index in [1.54, 1.807) is 7.11 Å². The van der Waals surface area contributed by atoms with Crippen molar-refractivity contribution in [3.63, 3.8) is 0 Å². The third-order valence-electron chi connectivity index (χ3n) is 7.68. The van der Waals surface area contributed by atoms with Crippen molar-refractivity contribution in [1.29, 1.82) is 0 Å². The number of amides is 1. The fraction of sp³-hybridized carbons (Fsp3) is 0.400. The van der Waals surface area contributed by atoms with Crippen LogP contribution in [0.4, 0.5) is 0 Å². The summed E-state index contributed by atoms with van der Waals surface area (Å²) in [5.41, 5.74) is 4.66. The molecule has 0 spiro atoms. The molecule has 0 atom stereocenters. The van der Waals surface area contributed by atoms with Gasteiger partial charge in [0.15, 0.2) is 6.61 Å². The number of benzene rings is 2. The minimum Gasteiger partial charge on any atom is -0.497 e. The molecule has 8 nitrogen and oxygen atoms in total. The minimum atomic E-state index is -0.335. The maximum absolute atomic E-state index is 12.8. The minimum absolute atomic E-state index is 0.146. The number of aryl methyl sites for hydroxylation is 2. The summed E-state index contributed by atoms with van der Waals surface area (Å²) >= 11 is 0. The van der Waals surface area contributed by atoms with Gasteiger partial charge in [-0.1, -0.05) is 0 Å². The van der Waals surface area contributed by atoms with Crippen molar-refractivity contribution >= 4 is 27.8 Å². The number of nitrogens with one attached hydrogen (secondary N) is 2. The number of aromatic nitrogens is 1. The van der Waals surface area contributed by atoms with E-state index in [4.69, 9.17) is 18.6 Å². The van der Waals surface area contributed by atoms with Gasteiger partial charge in [-0.15, -0.1) is 0 Å².